The van der Waals surface area contributed by atoms with Crippen molar-refractivity contribution in [2.75, 3.05) is 0 Å². The highest BCUT2D eigenvalue weighted by atomic mass is 33.1. The lowest BCUT2D eigenvalue weighted by atomic mass is 10.3. The Morgan fingerprint density at radius 3 is 3.27 bits per heavy atom. The Hall–Kier alpha value is 0.290. The highest BCUT2D eigenvalue weighted by Gasteiger charge is 2.04. The van der Waals surface area contributed by atoms with Gasteiger partial charge in [-0.1, -0.05) is 10.8 Å². The fraction of sp³-hybridized carbons (Fsp3) is 0.167. The first kappa shape index (κ1) is 7.91. The molecule has 2 heterocycles. The van der Waals surface area contributed by atoms with Crippen LogP contribution >= 0.6 is 45.3 Å². The van der Waals surface area contributed by atoms with Crippen LogP contribution in [-0.2, 0) is 5.75 Å². The van der Waals surface area contributed by atoms with Gasteiger partial charge in [-0.2, -0.15) is 4.37 Å². The lowest BCUT2D eigenvalue weighted by Crippen LogP contribution is -1.69. The van der Waals surface area contributed by atoms with Gasteiger partial charge in [0.2, 0.25) is 0 Å². The van der Waals surface area contributed by atoms with E-state index in [0.717, 1.165) is 10.6 Å². The Morgan fingerprint density at radius 1 is 1.55 bits per heavy atom. The summed E-state index contributed by atoms with van der Waals surface area (Å²) in [5, 5.41) is 5.57. The number of thiophene rings is 1. The zero-order valence-electron chi connectivity index (χ0n) is 5.48. The maximum absolute atomic E-state index is 4.25. The molecule has 0 radical (unpaired) electrons. The molecule has 11 heavy (non-hydrogen) atoms. The molecule has 2 rings (SSSR count). The Kier molecular flexibility index (Phi) is 2.41. The molecular weight excluding hydrogens is 214 g/mol. The van der Waals surface area contributed by atoms with Gasteiger partial charge in [-0.3, -0.25) is 0 Å². The predicted octanol–water partition coefficient (Wildman–Crippen LogP) is 3.44. The van der Waals surface area contributed by atoms with Crippen LogP contribution in [0.2, 0.25) is 0 Å². The maximum atomic E-state index is 4.25. The van der Waals surface area contributed by atoms with Gasteiger partial charge >= 0.3 is 0 Å². The van der Waals surface area contributed by atoms with Crippen molar-refractivity contribution in [1.82, 2.24) is 4.37 Å². The van der Waals surface area contributed by atoms with Gasteiger partial charge in [-0.15, -0.1) is 23.0 Å². The molecule has 0 aliphatic carbocycles. The molecule has 5 heteroatoms. The summed E-state index contributed by atoms with van der Waals surface area (Å²) in [6, 6.07) is 0. The van der Waals surface area contributed by atoms with E-state index in [0.29, 0.717) is 0 Å². The van der Waals surface area contributed by atoms with E-state index in [1.54, 1.807) is 22.1 Å². The van der Waals surface area contributed by atoms with Crippen molar-refractivity contribution < 1.29 is 0 Å². The minimum absolute atomic E-state index is 0.974. The highest BCUT2D eigenvalue weighted by molar-refractivity contribution is 8.68. The van der Waals surface area contributed by atoms with Gasteiger partial charge in [0.25, 0.3) is 0 Å². The monoisotopic (exact) mass is 219 g/mol. The normalized spacial score (nSPS) is 11.0. The van der Waals surface area contributed by atoms with Crippen molar-refractivity contribution >= 4 is 55.5 Å². The molecule has 0 bridgehead atoms. The van der Waals surface area contributed by atoms with E-state index in [1.165, 1.54) is 22.5 Å². The Bertz CT molecular complexity index is 350. The van der Waals surface area contributed by atoms with Crippen LogP contribution in [0, 0.1) is 0 Å². The number of rotatable bonds is 2. The van der Waals surface area contributed by atoms with E-state index in [4.69, 9.17) is 0 Å². The summed E-state index contributed by atoms with van der Waals surface area (Å²) in [4.78, 5) is 1.16. The molecule has 0 saturated heterocycles. The van der Waals surface area contributed by atoms with Crippen molar-refractivity contribution in [3.05, 3.63) is 16.3 Å². The second-order valence-electron chi connectivity index (χ2n) is 2.07. The molecule has 0 saturated carbocycles. The molecule has 0 amide bonds. The fourth-order valence-corrected chi connectivity index (χ4v) is 3.57. The lowest BCUT2D eigenvalue weighted by Gasteiger charge is -1.88. The Balaban J connectivity index is 2.51. The van der Waals surface area contributed by atoms with E-state index >= 15 is 0 Å². The molecule has 1 nitrogen and oxygen atoms in total. The quantitative estimate of drug-likeness (QED) is 0.614. The second-order valence-corrected chi connectivity index (χ2v) is 4.88. The summed E-state index contributed by atoms with van der Waals surface area (Å²) < 4.78 is 4.25. The van der Waals surface area contributed by atoms with E-state index < -0.39 is 0 Å². The van der Waals surface area contributed by atoms with Crippen molar-refractivity contribution in [1.29, 1.82) is 0 Å². The molecule has 0 fully saturated rings. The third-order valence-electron chi connectivity index (χ3n) is 1.42. The molecule has 2 aromatic rings. The van der Waals surface area contributed by atoms with Crippen LogP contribution in [0.15, 0.2) is 10.8 Å². The van der Waals surface area contributed by atoms with Gasteiger partial charge < -0.3 is 0 Å². The minimum Gasteiger partial charge on any atom is -0.182 e. The van der Waals surface area contributed by atoms with Gasteiger partial charge in [0.15, 0.2) is 0 Å². The molecule has 0 unspecified atom stereocenters. The molecule has 0 aliphatic heterocycles. The number of aromatic nitrogens is 1. The molecule has 0 atom stereocenters. The topological polar surface area (TPSA) is 12.9 Å². The SMILES string of the molecule is SSCc1csc2nscc12. The summed E-state index contributed by atoms with van der Waals surface area (Å²) in [7, 11) is 1.56. The second kappa shape index (κ2) is 3.35. The number of nitrogens with zero attached hydrogens (tertiary/aromatic N) is 1. The maximum Gasteiger partial charge on any atom is 0.137 e. The van der Waals surface area contributed by atoms with Gasteiger partial charge in [0.05, 0.1) is 0 Å². The first-order valence-corrected chi connectivity index (χ1v) is 6.74. The van der Waals surface area contributed by atoms with E-state index in [1.807, 2.05) is 0 Å². The van der Waals surface area contributed by atoms with E-state index in [-0.39, 0.29) is 0 Å². The highest BCUT2D eigenvalue weighted by Crippen LogP contribution is 2.29. The Labute approximate surface area is 81.8 Å². The summed E-state index contributed by atoms with van der Waals surface area (Å²) >= 11 is 7.36. The number of hydrogen-bond donors (Lipinski definition) is 1. The van der Waals surface area contributed by atoms with Crippen LogP contribution in [0.3, 0.4) is 0 Å². The van der Waals surface area contributed by atoms with Crippen LogP contribution in [0.4, 0.5) is 0 Å². The molecule has 58 valence electrons. The minimum atomic E-state index is 0.974. The average Bonchev–Trinajstić information content (AvgIpc) is 2.53. The fourth-order valence-electron chi connectivity index (χ4n) is 0.896. The van der Waals surface area contributed by atoms with Gasteiger partial charge in [0, 0.05) is 16.5 Å². The van der Waals surface area contributed by atoms with Crippen molar-refractivity contribution in [3.63, 3.8) is 0 Å². The largest absolute Gasteiger partial charge is 0.182 e. The van der Waals surface area contributed by atoms with Crippen LogP contribution in [0.25, 0.3) is 10.2 Å². The molecule has 0 N–H and O–H groups in total. The summed E-state index contributed by atoms with van der Waals surface area (Å²) in [6.45, 7) is 0. The third kappa shape index (κ3) is 1.42. The number of hydrogen-bond acceptors (Lipinski definition) is 5. The summed E-state index contributed by atoms with van der Waals surface area (Å²) in [6.07, 6.45) is 0. The predicted molar refractivity (Wildman–Crippen MR) is 57.8 cm³/mol. The van der Waals surface area contributed by atoms with E-state index in [9.17, 15) is 0 Å². The van der Waals surface area contributed by atoms with Crippen LogP contribution < -0.4 is 0 Å². The zero-order valence-corrected chi connectivity index (χ0v) is 8.82. The van der Waals surface area contributed by atoms with Crippen LogP contribution in [-0.4, -0.2) is 4.37 Å². The number of thiol groups is 1. The molecular formula is C6H5NS4. The standard InChI is InChI=1S/C6H5NS4/c8-11-2-4-1-9-6-5(4)3-10-7-6/h1,3,8H,2H2. The first-order valence-electron chi connectivity index (χ1n) is 2.98. The Morgan fingerprint density at radius 2 is 2.45 bits per heavy atom. The summed E-state index contributed by atoms with van der Waals surface area (Å²) in [5.74, 6) is 0.974. The smallest absolute Gasteiger partial charge is 0.137 e. The molecule has 0 spiro atoms. The lowest BCUT2D eigenvalue weighted by molar-refractivity contribution is 1.53. The van der Waals surface area contributed by atoms with E-state index in [2.05, 4.69) is 26.8 Å². The zero-order chi connectivity index (χ0) is 7.68. The van der Waals surface area contributed by atoms with Gasteiger partial charge in [0.1, 0.15) is 4.83 Å². The van der Waals surface area contributed by atoms with Crippen molar-refractivity contribution in [2.45, 2.75) is 5.75 Å². The van der Waals surface area contributed by atoms with Gasteiger partial charge in [-0.05, 0) is 22.5 Å². The number of fused-ring (bicyclic) bond motifs is 1. The van der Waals surface area contributed by atoms with Crippen LogP contribution in [0.1, 0.15) is 5.56 Å². The average molecular weight is 219 g/mol. The molecule has 0 aliphatic rings. The van der Waals surface area contributed by atoms with Crippen molar-refractivity contribution in [2.24, 2.45) is 0 Å². The van der Waals surface area contributed by atoms with Crippen molar-refractivity contribution in [3.8, 4) is 0 Å². The van der Waals surface area contributed by atoms with Crippen LogP contribution in [0.5, 0.6) is 0 Å². The third-order valence-corrected chi connectivity index (χ3v) is 3.92. The summed E-state index contributed by atoms with van der Waals surface area (Å²) in [5.41, 5.74) is 1.36. The molecule has 2 aromatic heterocycles. The van der Waals surface area contributed by atoms with Gasteiger partial charge in [-0.25, -0.2) is 0 Å². The molecule has 0 aromatic carbocycles. The first-order chi connectivity index (χ1) is 5.42.